The largest absolute Gasteiger partial charge is 0.496 e. The minimum Gasteiger partial charge on any atom is -0.496 e. The fourth-order valence-electron chi connectivity index (χ4n) is 3.97. The van der Waals surface area contributed by atoms with Crippen LogP contribution in [0.5, 0.6) is 5.75 Å². The summed E-state index contributed by atoms with van der Waals surface area (Å²) in [6.45, 7) is 2.56. The number of rotatable bonds is 7. The number of nitrogens with two attached hydrogens (primary N) is 1. The highest BCUT2D eigenvalue weighted by atomic mass is 16.5. The summed E-state index contributed by atoms with van der Waals surface area (Å²) in [5.74, 6) is 1.07. The fraction of sp³-hybridized carbons (Fsp3) is 0.500. The van der Waals surface area contributed by atoms with Crippen molar-refractivity contribution in [3.63, 3.8) is 0 Å². The van der Waals surface area contributed by atoms with E-state index >= 15 is 0 Å². The van der Waals surface area contributed by atoms with Crippen molar-refractivity contribution in [2.75, 3.05) is 7.11 Å². The molecule has 1 aliphatic rings. The van der Waals surface area contributed by atoms with Crippen LogP contribution in [-0.2, 0) is 11.3 Å². The summed E-state index contributed by atoms with van der Waals surface area (Å²) in [6, 6.07) is 12.8. The van der Waals surface area contributed by atoms with E-state index in [1.54, 1.807) is 7.11 Å². The zero-order valence-corrected chi connectivity index (χ0v) is 15.9. The molecular weight excluding hydrogens is 324 g/mol. The van der Waals surface area contributed by atoms with Crippen LogP contribution in [0.1, 0.15) is 51.0 Å². The molecule has 0 bridgehead atoms. The molecule has 1 saturated carbocycles. The third kappa shape index (κ3) is 4.18. The predicted molar refractivity (Wildman–Crippen MR) is 106 cm³/mol. The maximum absolute atomic E-state index is 13.0. The van der Waals surface area contributed by atoms with E-state index in [0.29, 0.717) is 19.0 Å². The van der Waals surface area contributed by atoms with Crippen LogP contribution >= 0.6 is 0 Å². The maximum atomic E-state index is 13.0. The predicted octanol–water partition coefficient (Wildman–Crippen LogP) is 4.25. The summed E-state index contributed by atoms with van der Waals surface area (Å²) in [7, 11) is 1.70. The van der Waals surface area contributed by atoms with Gasteiger partial charge >= 0.3 is 0 Å². The zero-order valence-electron chi connectivity index (χ0n) is 15.9. The molecular formula is C22H30N2O2. The molecule has 0 heterocycles. The summed E-state index contributed by atoms with van der Waals surface area (Å²) >= 11 is 0. The third-order valence-electron chi connectivity index (χ3n) is 5.45. The van der Waals surface area contributed by atoms with Gasteiger partial charge in [-0.15, -0.1) is 0 Å². The number of amides is 1. The number of hydrogen-bond acceptors (Lipinski definition) is 3. The smallest absolute Gasteiger partial charge is 0.223 e. The molecule has 2 aromatic rings. The lowest BCUT2D eigenvalue weighted by molar-refractivity contribution is -0.134. The van der Waals surface area contributed by atoms with Gasteiger partial charge in [-0.3, -0.25) is 4.79 Å². The van der Waals surface area contributed by atoms with Crippen LogP contribution in [0.25, 0.3) is 10.8 Å². The summed E-state index contributed by atoms with van der Waals surface area (Å²) in [5.41, 5.74) is 6.98. The minimum atomic E-state index is 0.0523. The quantitative estimate of drug-likeness (QED) is 0.809. The molecule has 1 amide bonds. The van der Waals surface area contributed by atoms with Crippen molar-refractivity contribution in [1.82, 2.24) is 4.90 Å². The Balaban J connectivity index is 1.93. The number of nitrogens with zero attached hydrogens (tertiary/aromatic N) is 1. The van der Waals surface area contributed by atoms with E-state index < -0.39 is 0 Å². The molecule has 140 valence electrons. The molecule has 3 rings (SSSR count). The molecule has 1 fully saturated rings. The van der Waals surface area contributed by atoms with Gasteiger partial charge in [0.25, 0.3) is 0 Å². The van der Waals surface area contributed by atoms with Crippen molar-refractivity contribution in [2.45, 2.75) is 64.1 Å². The minimum absolute atomic E-state index is 0.0523. The van der Waals surface area contributed by atoms with Crippen LogP contribution in [0.2, 0.25) is 0 Å². The maximum Gasteiger partial charge on any atom is 0.223 e. The van der Waals surface area contributed by atoms with Crippen LogP contribution in [0.4, 0.5) is 0 Å². The number of carbonyl (C=O) groups is 1. The molecule has 0 radical (unpaired) electrons. The van der Waals surface area contributed by atoms with Crippen molar-refractivity contribution in [3.05, 3.63) is 42.0 Å². The first kappa shape index (κ1) is 18.7. The van der Waals surface area contributed by atoms with E-state index in [0.717, 1.165) is 36.0 Å². The van der Waals surface area contributed by atoms with Gasteiger partial charge in [0.1, 0.15) is 5.75 Å². The lowest BCUT2D eigenvalue weighted by atomic mass is 10.0. The molecule has 4 nitrogen and oxygen atoms in total. The van der Waals surface area contributed by atoms with Gasteiger partial charge < -0.3 is 15.4 Å². The van der Waals surface area contributed by atoms with E-state index in [2.05, 4.69) is 23.1 Å². The van der Waals surface area contributed by atoms with Crippen molar-refractivity contribution < 1.29 is 9.53 Å². The number of hydrogen-bond donors (Lipinski definition) is 1. The first-order valence-corrected chi connectivity index (χ1v) is 9.70. The molecule has 0 saturated heterocycles. The molecule has 0 aliphatic heterocycles. The third-order valence-corrected chi connectivity index (χ3v) is 5.45. The Morgan fingerprint density at radius 1 is 1.23 bits per heavy atom. The van der Waals surface area contributed by atoms with Crippen molar-refractivity contribution in [3.8, 4) is 5.75 Å². The second-order valence-corrected chi connectivity index (χ2v) is 7.44. The van der Waals surface area contributed by atoms with Crippen LogP contribution in [-0.4, -0.2) is 30.0 Å². The van der Waals surface area contributed by atoms with Gasteiger partial charge in [-0.1, -0.05) is 43.2 Å². The van der Waals surface area contributed by atoms with Crippen molar-refractivity contribution in [2.24, 2.45) is 5.73 Å². The average Bonchev–Trinajstić information content (AvgIpc) is 3.18. The second kappa shape index (κ2) is 8.54. The highest BCUT2D eigenvalue weighted by molar-refractivity contribution is 5.88. The van der Waals surface area contributed by atoms with Gasteiger partial charge in [0.05, 0.1) is 13.7 Å². The van der Waals surface area contributed by atoms with Crippen LogP contribution in [0.15, 0.2) is 36.4 Å². The van der Waals surface area contributed by atoms with Crippen molar-refractivity contribution in [1.29, 1.82) is 0 Å². The Morgan fingerprint density at radius 2 is 1.96 bits per heavy atom. The number of methoxy groups -OCH3 is 1. The molecule has 4 heteroatoms. The molecule has 2 N–H and O–H groups in total. The van der Waals surface area contributed by atoms with Gasteiger partial charge in [0.15, 0.2) is 0 Å². The van der Waals surface area contributed by atoms with E-state index in [1.807, 2.05) is 25.1 Å². The SMILES string of the molecule is COc1ccc2ccccc2c1CN(C(=O)CCC(C)N)C1CCCC1. The lowest BCUT2D eigenvalue weighted by Crippen LogP contribution is -2.39. The average molecular weight is 354 g/mol. The van der Waals surface area contributed by atoms with E-state index in [1.165, 1.54) is 18.2 Å². The van der Waals surface area contributed by atoms with E-state index in [-0.39, 0.29) is 11.9 Å². The second-order valence-electron chi connectivity index (χ2n) is 7.44. The van der Waals surface area contributed by atoms with Crippen molar-refractivity contribution >= 4 is 16.7 Å². The number of ether oxygens (including phenoxy) is 1. The van der Waals surface area contributed by atoms with Crippen LogP contribution < -0.4 is 10.5 Å². The Hall–Kier alpha value is -2.07. The van der Waals surface area contributed by atoms with Gasteiger partial charge in [-0.25, -0.2) is 0 Å². The standard InChI is InChI=1S/C22H30N2O2/c1-16(23)11-14-22(25)24(18-8-4-5-9-18)15-20-19-10-6-3-7-17(19)12-13-21(20)26-2/h3,6-7,10,12-13,16,18H,4-5,8-9,11,14-15,23H2,1-2H3. The molecule has 2 aromatic carbocycles. The lowest BCUT2D eigenvalue weighted by Gasteiger charge is -2.30. The van der Waals surface area contributed by atoms with Crippen LogP contribution in [0, 0.1) is 0 Å². The molecule has 0 aromatic heterocycles. The summed E-state index contributed by atoms with van der Waals surface area (Å²) in [4.78, 5) is 15.1. The normalized spacial score (nSPS) is 16.0. The Bertz CT molecular complexity index is 751. The topological polar surface area (TPSA) is 55.6 Å². The molecule has 1 atom stereocenters. The first-order chi connectivity index (χ1) is 12.6. The molecule has 26 heavy (non-hydrogen) atoms. The fourth-order valence-corrected chi connectivity index (χ4v) is 3.97. The van der Waals surface area contributed by atoms with E-state index in [4.69, 9.17) is 10.5 Å². The highest BCUT2D eigenvalue weighted by Gasteiger charge is 2.28. The number of fused-ring (bicyclic) bond motifs is 1. The number of carbonyl (C=O) groups excluding carboxylic acids is 1. The highest BCUT2D eigenvalue weighted by Crippen LogP contribution is 2.32. The summed E-state index contributed by atoms with van der Waals surface area (Å²) in [6.07, 6.45) is 5.84. The van der Waals surface area contributed by atoms with Gasteiger partial charge in [-0.2, -0.15) is 0 Å². The van der Waals surface area contributed by atoms with Gasteiger partial charge in [0, 0.05) is 24.1 Å². The first-order valence-electron chi connectivity index (χ1n) is 9.70. The van der Waals surface area contributed by atoms with Gasteiger partial charge in [-0.05, 0) is 43.0 Å². The van der Waals surface area contributed by atoms with Gasteiger partial charge in [0.2, 0.25) is 5.91 Å². The summed E-state index contributed by atoms with van der Waals surface area (Å²) < 4.78 is 5.64. The number of benzene rings is 2. The Morgan fingerprint density at radius 3 is 2.65 bits per heavy atom. The molecule has 0 spiro atoms. The summed E-state index contributed by atoms with van der Waals surface area (Å²) in [5, 5.41) is 2.34. The Kier molecular flexibility index (Phi) is 6.15. The Labute approximate surface area is 156 Å². The molecule has 1 aliphatic carbocycles. The van der Waals surface area contributed by atoms with Crippen LogP contribution in [0.3, 0.4) is 0 Å². The monoisotopic (exact) mass is 354 g/mol. The van der Waals surface area contributed by atoms with E-state index in [9.17, 15) is 4.79 Å². The zero-order chi connectivity index (χ0) is 18.5. The molecule has 1 unspecified atom stereocenters.